The highest BCUT2D eigenvalue weighted by molar-refractivity contribution is 5.99. The van der Waals surface area contributed by atoms with E-state index < -0.39 is 6.09 Å². The lowest BCUT2D eigenvalue weighted by Crippen LogP contribution is -2.10. The van der Waals surface area contributed by atoms with Crippen molar-refractivity contribution in [2.45, 2.75) is 13.5 Å². The number of aliphatic hydroxyl groups excluding tert-OH is 1. The predicted octanol–water partition coefficient (Wildman–Crippen LogP) is 4.22. The van der Waals surface area contributed by atoms with Crippen LogP contribution < -0.4 is 10.1 Å². The van der Waals surface area contributed by atoms with Gasteiger partial charge in [0.25, 0.3) is 0 Å². The Hall–Kier alpha value is -3.58. The van der Waals surface area contributed by atoms with Crippen LogP contribution in [0.15, 0.2) is 54.7 Å². The number of carbonyl (C=O) groups is 1. The normalized spacial score (nSPS) is 11.0. The summed E-state index contributed by atoms with van der Waals surface area (Å²) in [5.41, 5.74) is 3.59. The molecular formula is C22H21N3O4. The third-order valence-electron chi connectivity index (χ3n) is 4.73. The SMILES string of the molecule is CCOc1ccc(-c2nc3c4cc(NC(=O)OC)ccc4ccn3c2CO)cc1. The molecule has 29 heavy (non-hydrogen) atoms. The molecule has 0 bridgehead atoms. The Kier molecular flexibility index (Phi) is 5.05. The number of hydrogen-bond acceptors (Lipinski definition) is 5. The van der Waals surface area contributed by atoms with Crippen molar-refractivity contribution in [2.24, 2.45) is 0 Å². The van der Waals surface area contributed by atoms with E-state index in [0.29, 0.717) is 29.3 Å². The number of ether oxygens (including phenoxy) is 2. The summed E-state index contributed by atoms with van der Waals surface area (Å²) < 4.78 is 12.0. The van der Waals surface area contributed by atoms with Crippen molar-refractivity contribution in [3.63, 3.8) is 0 Å². The Morgan fingerprint density at radius 2 is 1.97 bits per heavy atom. The van der Waals surface area contributed by atoms with Gasteiger partial charge < -0.3 is 19.0 Å². The zero-order chi connectivity index (χ0) is 20.4. The van der Waals surface area contributed by atoms with E-state index in [-0.39, 0.29) is 6.61 Å². The Bertz CT molecular complexity index is 1180. The third-order valence-corrected chi connectivity index (χ3v) is 4.73. The molecule has 0 fully saturated rings. The van der Waals surface area contributed by atoms with Crippen molar-refractivity contribution in [3.8, 4) is 17.0 Å². The summed E-state index contributed by atoms with van der Waals surface area (Å²) in [7, 11) is 1.32. The Morgan fingerprint density at radius 1 is 1.17 bits per heavy atom. The molecule has 4 aromatic rings. The molecule has 0 spiro atoms. The van der Waals surface area contributed by atoms with Crippen LogP contribution in [0.5, 0.6) is 5.75 Å². The first kappa shape index (κ1) is 18.8. The van der Waals surface area contributed by atoms with Gasteiger partial charge in [-0.25, -0.2) is 9.78 Å². The second kappa shape index (κ2) is 7.81. The fraction of sp³-hybridized carbons (Fsp3) is 0.182. The molecule has 0 saturated heterocycles. The molecule has 2 N–H and O–H groups in total. The van der Waals surface area contributed by atoms with Crippen LogP contribution >= 0.6 is 0 Å². The van der Waals surface area contributed by atoms with E-state index in [1.54, 1.807) is 6.07 Å². The van der Waals surface area contributed by atoms with Crippen LogP contribution in [-0.4, -0.2) is 34.3 Å². The highest BCUT2D eigenvalue weighted by Gasteiger charge is 2.16. The van der Waals surface area contributed by atoms with Crippen molar-refractivity contribution < 1.29 is 19.4 Å². The summed E-state index contributed by atoms with van der Waals surface area (Å²) in [4.78, 5) is 16.4. The number of rotatable bonds is 5. The largest absolute Gasteiger partial charge is 0.494 e. The van der Waals surface area contributed by atoms with Gasteiger partial charge in [0.15, 0.2) is 0 Å². The zero-order valence-corrected chi connectivity index (χ0v) is 16.2. The lowest BCUT2D eigenvalue weighted by molar-refractivity contribution is 0.187. The van der Waals surface area contributed by atoms with Gasteiger partial charge in [-0.15, -0.1) is 0 Å². The molecule has 2 aromatic carbocycles. The molecule has 2 aromatic heterocycles. The second-order valence-electron chi connectivity index (χ2n) is 6.45. The molecule has 4 rings (SSSR count). The van der Waals surface area contributed by atoms with E-state index in [4.69, 9.17) is 9.72 Å². The maximum Gasteiger partial charge on any atom is 0.411 e. The van der Waals surface area contributed by atoms with Crippen LogP contribution in [0.25, 0.3) is 27.7 Å². The van der Waals surface area contributed by atoms with Crippen LogP contribution in [0.4, 0.5) is 10.5 Å². The minimum Gasteiger partial charge on any atom is -0.494 e. The summed E-state index contributed by atoms with van der Waals surface area (Å²) in [6.45, 7) is 2.38. The summed E-state index contributed by atoms with van der Waals surface area (Å²) >= 11 is 0. The van der Waals surface area contributed by atoms with Crippen LogP contribution in [0.1, 0.15) is 12.6 Å². The zero-order valence-electron chi connectivity index (χ0n) is 16.2. The number of aromatic nitrogens is 2. The molecule has 148 valence electrons. The average molecular weight is 391 g/mol. The Balaban J connectivity index is 1.86. The molecule has 0 atom stereocenters. The van der Waals surface area contributed by atoms with Crippen molar-refractivity contribution in [1.82, 2.24) is 9.38 Å². The van der Waals surface area contributed by atoms with Crippen molar-refractivity contribution in [3.05, 3.63) is 60.4 Å². The summed E-state index contributed by atoms with van der Waals surface area (Å²) in [5, 5.41) is 14.5. The fourth-order valence-electron chi connectivity index (χ4n) is 3.37. The van der Waals surface area contributed by atoms with Crippen molar-refractivity contribution in [1.29, 1.82) is 0 Å². The number of carbonyl (C=O) groups excluding carboxylic acids is 1. The number of pyridine rings is 1. The van der Waals surface area contributed by atoms with E-state index in [2.05, 4.69) is 10.1 Å². The van der Waals surface area contributed by atoms with Gasteiger partial charge in [0.05, 0.1) is 31.7 Å². The molecule has 0 aliphatic rings. The molecule has 2 heterocycles. The summed E-state index contributed by atoms with van der Waals surface area (Å²) in [6, 6.07) is 15.1. The predicted molar refractivity (Wildman–Crippen MR) is 111 cm³/mol. The molecule has 0 radical (unpaired) electrons. The lowest BCUT2D eigenvalue weighted by atomic mass is 10.1. The first-order valence-corrected chi connectivity index (χ1v) is 9.27. The van der Waals surface area contributed by atoms with Gasteiger partial charge in [0, 0.05) is 22.8 Å². The monoisotopic (exact) mass is 391 g/mol. The van der Waals surface area contributed by atoms with Crippen molar-refractivity contribution in [2.75, 3.05) is 19.0 Å². The number of hydrogen-bond donors (Lipinski definition) is 2. The summed E-state index contributed by atoms with van der Waals surface area (Å²) in [6.07, 6.45) is 1.35. The number of fused-ring (bicyclic) bond motifs is 3. The van der Waals surface area contributed by atoms with Crippen LogP contribution in [0.2, 0.25) is 0 Å². The van der Waals surface area contributed by atoms with Gasteiger partial charge in [0.2, 0.25) is 0 Å². The van der Waals surface area contributed by atoms with E-state index in [0.717, 1.165) is 22.1 Å². The van der Waals surface area contributed by atoms with E-state index in [1.807, 2.05) is 60.0 Å². The van der Waals surface area contributed by atoms with Crippen LogP contribution in [0, 0.1) is 0 Å². The number of amides is 1. The van der Waals surface area contributed by atoms with Crippen LogP contribution in [-0.2, 0) is 11.3 Å². The van der Waals surface area contributed by atoms with E-state index >= 15 is 0 Å². The fourth-order valence-corrected chi connectivity index (χ4v) is 3.37. The topological polar surface area (TPSA) is 85.1 Å². The highest BCUT2D eigenvalue weighted by Crippen LogP contribution is 2.30. The smallest absolute Gasteiger partial charge is 0.411 e. The number of nitrogens with one attached hydrogen (secondary N) is 1. The van der Waals surface area contributed by atoms with E-state index in [1.165, 1.54) is 7.11 Å². The van der Waals surface area contributed by atoms with Gasteiger partial charge in [-0.3, -0.25) is 5.32 Å². The first-order valence-electron chi connectivity index (χ1n) is 9.27. The molecule has 0 aliphatic carbocycles. The quantitative estimate of drug-likeness (QED) is 0.532. The van der Waals surface area contributed by atoms with Crippen LogP contribution in [0.3, 0.4) is 0 Å². The van der Waals surface area contributed by atoms with Gasteiger partial charge in [-0.2, -0.15) is 0 Å². The summed E-state index contributed by atoms with van der Waals surface area (Å²) in [5.74, 6) is 0.787. The second-order valence-corrected chi connectivity index (χ2v) is 6.45. The third kappa shape index (κ3) is 3.48. The maximum atomic E-state index is 11.5. The molecule has 1 amide bonds. The lowest BCUT2D eigenvalue weighted by Gasteiger charge is -2.07. The number of methoxy groups -OCH3 is 1. The molecule has 7 heteroatoms. The Morgan fingerprint density at radius 3 is 2.66 bits per heavy atom. The van der Waals surface area contributed by atoms with Gasteiger partial charge >= 0.3 is 6.09 Å². The highest BCUT2D eigenvalue weighted by atomic mass is 16.5. The number of imidazole rings is 1. The average Bonchev–Trinajstić information content (AvgIpc) is 3.13. The van der Waals surface area contributed by atoms with Gasteiger partial charge in [-0.05, 0) is 54.8 Å². The van der Waals surface area contributed by atoms with E-state index in [9.17, 15) is 9.90 Å². The van der Waals surface area contributed by atoms with Crippen molar-refractivity contribution >= 4 is 28.2 Å². The maximum absolute atomic E-state index is 11.5. The standard InChI is InChI=1S/C22H21N3O4/c1-3-29-17-8-5-15(6-9-17)20-19(13-26)25-11-10-14-4-7-16(23-22(27)28-2)12-18(14)21(25)24-20/h4-12,26H,3,13H2,1-2H3,(H,23,27). The molecule has 0 saturated carbocycles. The Labute approximate surface area is 167 Å². The molecule has 0 unspecified atom stereocenters. The minimum atomic E-state index is -0.536. The number of benzene rings is 2. The molecule has 7 nitrogen and oxygen atoms in total. The first-order chi connectivity index (χ1) is 14.1. The van der Waals surface area contributed by atoms with Gasteiger partial charge in [-0.1, -0.05) is 6.07 Å². The molecular weight excluding hydrogens is 370 g/mol. The van der Waals surface area contributed by atoms with Gasteiger partial charge in [0.1, 0.15) is 11.4 Å². The number of anilines is 1. The minimum absolute atomic E-state index is 0.157. The number of aliphatic hydroxyl groups is 1. The molecule has 0 aliphatic heterocycles. The number of nitrogens with zero attached hydrogens (tertiary/aromatic N) is 2.